The Kier molecular flexibility index (Phi) is 4.34. The molecule has 1 aromatic rings. The Morgan fingerprint density at radius 1 is 1.32 bits per heavy atom. The van der Waals surface area contributed by atoms with Gasteiger partial charge in [-0.05, 0) is 20.3 Å². The van der Waals surface area contributed by atoms with Crippen LogP contribution >= 0.6 is 0 Å². The molecule has 19 heavy (non-hydrogen) atoms. The van der Waals surface area contributed by atoms with Gasteiger partial charge in [-0.25, -0.2) is 8.78 Å². The van der Waals surface area contributed by atoms with Gasteiger partial charge in [-0.1, -0.05) is 0 Å². The van der Waals surface area contributed by atoms with Gasteiger partial charge in [0.1, 0.15) is 0 Å². The third-order valence-corrected chi connectivity index (χ3v) is 2.85. The number of methoxy groups -OCH3 is 2. The van der Waals surface area contributed by atoms with Gasteiger partial charge in [0, 0.05) is 11.6 Å². The largest absolute Gasteiger partial charge is 0.493 e. The molecule has 106 valence electrons. The summed E-state index contributed by atoms with van der Waals surface area (Å²) in [4.78, 5) is 11.1. The van der Waals surface area contributed by atoms with Crippen LogP contribution in [0, 0.1) is 17.0 Å². The van der Waals surface area contributed by atoms with E-state index in [0.29, 0.717) is 0 Å². The maximum Gasteiger partial charge on any atom is 0.309 e. The second kappa shape index (κ2) is 5.42. The normalized spacial score (nSPS) is 11.3. The zero-order chi connectivity index (χ0) is 14.8. The fourth-order valence-corrected chi connectivity index (χ4v) is 1.69. The standard InChI is InChI=1S/C13H16F2O4/c1-13(2,12(16)17)6-7-10(15)8(14)5-9(18-3)11(7)19-4/h5H,6H2,1-4H3,(H,16,17). The Labute approximate surface area is 109 Å². The maximum absolute atomic E-state index is 13.9. The van der Waals surface area contributed by atoms with Gasteiger partial charge in [0.25, 0.3) is 0 Å². The van der Waals surface area contributed by atoms with Crippen molar-refractivity contribution in [3.8, 4) is 11.5 Å². The summed E-state index contributed by atoms with van der Waals surface area (Å²) < 4.78 is 37.2. The van der Waals surface area contributed by atoms with Crippen molar-refractivity contribution in [2.75, 3.05) is 14.2 Å². The Morgan fingerprint density at radius 2 is 1.89 bits per heavy atom. The van der Waals surface area contributed by atoms with Gasteiger partial charge in [0.15, 0.2) is 23.1 Å². The molecule has 0 fully saturated rings. The van der Waals surface area contributed by atoms with E-state index in [-0.39, 0.29) is 23.5 Å². The fourth-order valence-electron chi connectivity index (χ4n) is 1.69. The van der Waals surface area contributed by atoms with Crippen molar-refractivity contribution in [1.29, 1.82) is 0 Å². The molecule has 0 saturated heterocycles. The number of ether oxygens (including phenoxy) is 2. The highest BCUT2D eigenvalue weighted by molar-refractivity contribution is 5.74. The van der Waals surface area contributed by atoms with Crippen LogP contribution in [0.2, 0.25) is 0 Å². The first kappa shape index (κ1) is 15.2. The van der Waals surface area contributed by atoms with Crippen LogP contribution in [-0.4, -0.2) is 25.3 Å². The second-order valence-corrected chi connectivity index (χ2v) is 4.75. The molecule has 0 atom stereocenters. The van der Waals surface area contributed by atoms with Crippen molar-refractivity contribution in [1.82, 2.24) is 0 Å². The van der Waals surface area contributed by atoms with Crippen molar-refractivity contribution in [2.45, 2.75) is 20.3 Å². The van der Waals surface area contributed by atoms with Gasteiger partial charge in [-0.3, -0.25) is 4.79 Å². The highest BCUT2D eigenvalue weighted by atomic mass is 19.2. The van der Waals surface area contributed by atoms with Crippen LogP contribution in [0.1, 0.15) is 19.4 Å². The predicted octanol–water partition coefficient (Wildman–Crippen LogP) is 2.64. The minimum Gasteiger partial charge on any atom is -0.493 e. The molecule has 6 heteroatoms. The monoisotopic (exact) mass is 274 g/mol. The summed E-state index contributed by atoms with van der Waals surface area (Å²) in [5.74, 6) is -3.30. The average Bonchev–Trinajstić information content (AvgIpc) is 2.34. The van der Waals surface area contributed by atoms with E-state index in [9.17, 15) is 13.6 Å². The first-order chi connectivity index (χ1) is 8.74. The summed E-state index contributed by atoms with van der Waals surface area (Å²) in [5.41, 5.74) is -1.40. The molecule has 4 nitrogen and oxygen atoms in total. The van der Waals surface area contributed by atoms with Crippen molar-refractivity contribution in [2.24, 2.45) is 5.41 Å². The van der Waals surface area contributed by atoms with Gasteiger partial charge in [0.2, 0.25) is 0 Å². The molecule has 0 aliphatic heterocycles. The number of rotatable bonds is 5. The van der Waals surface area contributed by atoms with Crippen molar-refractivity contribution >= 4 is 5.97 Å². The number of aliphatic carboxylic acids is 1. The quantitative estimate of drug-likeness (QED) is 0.896. The van der Waals surface area contributed by atoms with E-state index in [1.807, 2.05) is 0 Å². The molecule has 0 unspecified atom stereocenters. The Bertz CT molecular complexity index is 498. The van der Waals surface area contributed by atoms with Gasteiger partial charge in [-0.2, -0.15) is 0 Å². The summed E-state index contributed by atoms with van der Waals surface area (Å²) in [6.45, 7) is 2.84. The number of hydrogen-bond acceptors (Lipinski definition) is 3. The van der Waals surface area contributed by atoms with Crippen LogP contribution in [-0.2, 0) is 11.2 Å². The molecule has 1 aromatic carbocycles. The molecule has 0 saturated carbocycles. The predicted molar refractivity (Wildman–Crippen MR) is 64.6 cm³/mol. The van der Waals surface area contributed by atoms with Crippen molar-refractivity contribution in [3.63, 3.8) is 0 Å². The van der Waals surface area contributed by atoms with Crippen LogP contribution in [0.3, 0.4) is 0 Å². The molecule has 0 spiro atoms. The summed E-state index contributed by atoms with van der Waals surface area (Å²) in [6.07, 6.45) is -0.217. The fraction of sp³-hybridized carbons (Fsp3) is 0.462. The highest BCUT2D eigenvalue weighted by Gasteiger charge is 2.32. The first-order valence-electron chi connectivity index (χ1n) is 5.56. The van der Waals surface area contributed by atoms with E-state index >= 15 is 0 Å². The number of benzene rings is 1. The van der Waals surface area contributed by atoms with E-state index in [1.165, 1.54) is 28.1 Å². The van der Waals surface area contributed by atoms with Gasteiger partial charge in [0.05, 0.1) is 19.6 Å². The lowest BCUT2D eigenvalue weighted by Gasteiger charge is -2.22. The number of halogens is 2. The smallest absolute Gasteiger partial charge is 0.309 e. The highest BCUT2D eigenvalue weighted by Crippen LogP contribution is 2.38. The van der Waals surface area contributed by atoms with E-state index in [2.05, 4.69) is 0 Å². The van der Waals surface area contributed by atoms with E-state index < -0.39 is 23.0 Å². The number of carboxylic acids is 1. The molecule has 0 radical (unpaired) electrons. The molecule has 1 rings (SSSR count). The van der Waals surface area contributed by atoms with Crippen LogP contribution in [0.5, 0.6) is 11.5 Å². The van der Waals surface area contributed by atoms with Gasteiger partial charge < -0.3 is 14.6 Å². The maximum atomic E-state index is 13.9. The molecule has 0 aliphatic carbocycles. The van der Waals surface area contributed by atoms with Crippen LogP contribution in [0.15, 0.2) is 6.07 Å². The second-order valence-electron chi connectivity index (χ2n) is 4.75. The Hall–Kier alpha value is -1.85. The number of hydrogen-bond donors (Lipinski definition) is 1. The first-order valence-corrected chi connectivity index (χ1v) is 5.56. The topological polar surface area (TPSA) is 55.8 Å². The van der Waals surface area contributed by atoms with Crippen LogP contribution < -0.4 is 9.47 Å². The Morgan fingerprint density at radius 3 is 2.32 bits per heavy atom. The summed E-state index contributed by atoms with van der Waals surface area (Å²) in [6, 6.07) is 0.867. The number of carboxylic acid groups (broad SMARTS) is 1. The zero-order valence-electron chi connectivity index (χ0n) is 11.2. The molecule has 0 aliphatic rings. The van der Waals surface area contributed by atoms with E-state index in [1.54, 1.807) is 0 Å². The molecular weight excluding hydrogens is 258 g/mol. The lowest BCUT2D eigenvalue weighted by molar-refractivity contribution is -0.146. The lowest BCUT2D eigenvalue weighted by atomic mass is 9.85. The average molecular weight is 274 g/mol. The minimum atomic E-state index is -1.26. The molecule has 0 amide bonds. The van der Waals surface area contributed by atoms with Crippen LogP contribution in [0.4, 0.5) is 8.78 Å². The number of carbonyl (C=O) groups is 1. The molecular formula is C13H16F2O4. The molecule has 0 bridgehead atoms. The molecule has 1 N–H and O–H groups in total. The minimum absolute atomic E-state index is 0.00993. The third-order valence-electron chi connectivity index (χ3n) is 2.85. The third kappa shape index (κ3) is 2.94. The SMILES string of the molecule is COc1cc(F)c(F)c(CC(C)(C)C(=O)O)c1OC. The summed E-state index contributed by atoms with van der Waals surface area (Å²) in [7, 11) is 2.58. The molecule has 0 aromatic heterocycles. The van der Waals surface area contributed by atoms with E-state index in [4.69, 9.17) is 14.6 Å². The van der Waals surface area contributed by atoms with Crippen molar-refractivity contribution in [3.05, 3.63) is 23.3 Å². The van der Waals surface area contributed by atoms with Crippen LogP contribution in [0.25, 0.3) is 0 Å². The van der Waals surface area contributed by atoms with Gasteiger partial charge >= 0.3 is 5.97 Å². The van der Waals surface area contributed by atoms with E-state index in [0.717, 1.165) is 6.07 Å². The summed E-state index contributed by atoms with van der Waals surface area (Å²) in [5, 5.41) is 9.06. The molecule has 0 heterocycles. The summed E-state index contributed by atoms with van der Waals surface area (Å²) >= 11 is 0. The lowest BCUT2D eigenvalue weighted by Crippen LogP contribution is -2.27. The van der Waals surface area contributed by atoms with Crippen molar-refractivity contribution < 1.29 is 28.2 Å². The van der Waals surface area contributed by atoms with Gasteiger partial charge in [-0.15, -0.1) is 0 Å². The Balaban J connectivity index is 3.40. The zero-order valence-corrected chi connectivity index (χ0v) is 11.2.